The van der Waals surface area contributed by atoms with E-state index in [0.29, 0.717) is 0 Å². The van der Waals surface area contributed by atoms with Gasteiger partial charge in [0.25, 0.3) is 0 Å². The number of aliphatic hydroxyl groups is 1. The van der Waals surface area contributed by atoms with Crippen LogP contribution in [-0.2, 0) is 0 Å². The standard InChI is InChI=1S/C20H30O/c1-13-4-6-15-14(12-13)5-7-17-16(15)8-10-19(2)18(17)9-11-20(19,3)21/h12,15-18,21H,1,4-11H2,2-3H3/t15-,16+,17+,18-,19-,20-/m0/s1. The minimum Gasteiger partial charge on any atom is -0.390 e. The average Bonchev–Trinajstić information content (AvgIpc) is 2.69. The fourth-order valence-electron chi connectivity index (χ4n) is 6.52. The van der Waals surface area contributed by atoms with Crippen LogP contribution in [0.2, 0.25) is 0 Å². The molecule has 4 aliphatic rings. The van der Waals surface area contributed by atoms with E-state index in [4.69, 9.17) is 0 Å². The van der Waals surface area contributed by atoms with Gasteiger partial charge in [-0.15, -0.1) is 0 Å². The lowest BCUT2D eigenvalue weighted by molar-refractivity contribution is -0.106. The van der Waals surface area contributed by atoms with Gasteiger partial charge in [-0.1, -0.05) is 30.7 Å². The molecule has 0 heterocycles. The molecule has 4 aliphatic carbocycles. The third-order valence-electron chi connectivity index (χ3n) is 7.98. The van der Waals surface area contributed by atoms with Crippen LogP contribution in [0.4, 0.5) is 0 Å². The minimum absolute atomic E-state index is 0.174. The second-order valence-corrected chi connectivity index (χ2v) is 8.76. The highest BCUT2D eigenvalue weighted by atomic mass is 16.3. The van der Waals surface area contributed by atoms with Gasteiger partial charge in [0.05, 0.1) is 5.60 Å². The van der Waals surface area contributed by atoms with E-state index in [1.54, 1.807) is 5.57 Å². The van der Waals surface area contributed by atoms with Crippen molar-refractivity contribution >= 4 is 0 Å². The number of hydrogen-bond donors (Lipinski definition) is 1. The van der Waals surface area contributed by atoms with Gasteiger partial charge in [0.15, 0.2) is 0 Å². The summed E-state index contributed by atoms with van der Waals surface area (Å²) in [6.07, 6.45) is 12.4. The highest BCUT2D eigenvalue weighted by molar-refractivity contribution is 5.29. The first kappa shape index (κ1) is 14.1. The highest BCUT2D eigenvalue weighted by Gasteiger charge is 2.60. The molecule has 3 fully saturated rings. The zero-order chi connectivity index (χ0) is 14.8. The number of hydrogen-bond acceptors (Lipinski definition) is 1. The van der Waals surface area contributed by atoms with E-state index in [1.807, 2.05) is 0 Å². The Kier molecular flexibility index (Phi) is 2.99. The minimum atomic E-state index is -0.431. The Labute approximate surface area is 129 Å². The molecule has 116 valence electrons. The summed E-state index contributed by atoms with van der Waals surface area (Å²) in [4.78, 5) is 0. The molecule has 21 heavy (non-hydrogen) atoms. The van der Waals surface area contributed by atoms with Crippen LogP contribution >= 0.6 is 0 Å². The van der Waals surface area contributed by atoms with Crippen LogP contribution in [0.15, 0.2) is 23.8 Å². The lowest BCUT2D eigenvalue weighted by Crippen LogP contribution is -2.51. The molecule has 0 aliphatic heterocycles. The molecule has 0 bridgehead atoms. The molecular weight excluding hydrogens is 256 g/mol. The van der Waals surface area contributed by atoms with Crippen LogP contribution in [0, 0.1) is 29.1 Å². The molecule has 1 N–H and O–H groups in total. The molecule has 0 aromatic rings. The van der Waals surface area contributed by atoms with Crippen LogP contribution in [0.1, 0.15) is 65.2 Å². The van der Waals surface area contributed by atoms with Gasteiger partial charge in [0.1, 0.15) is 0 Å². The Bertz CT molecular complexity index is 500. The predicted molar refractivity (Wildman–Crippen MR) is 86.8 cm³/mol. The molecule has 6 atom stereocenters. The van der Waals surface area contributed by atoms with E-state index in [0.717, 1.165) is 30.1 Å². The van der Waals surface area contributed by atoms with Gasteiger partial charge in [-0.3, -0.25) is 0 Å². The van der Waals surface area contributed by atoms with E-state index in [9.17, 15) is 5.11 Å². The molecule has 0 aromatic heterocycles. The molecule has 0 spiro atoms. The Morgan fingerprint density at radius 1 is 1.05 bits per heavy atom. The summed E-state index contributed by atoms with van der Waals surface area (Å²) in [6.45, 7) is 8.67. The van der Waals surface area contributed by atoms with Gasteiger partial charge in [-0.25, -0.2) is 0 Å². The maximum absolute atomic E-state index is 10.9. The number of allylic oxidation sites excluding steroid dienone is 3. The zero-order valence-corrected chi connectivity index (χ0v) is 13.7. The smallest absolute Gasteiger partial charge is 0.0675 e. The summed E-state index contributed by atoms with van der Waals surface area (Å²) >= 11 is 0. The van der Waals surface area contributed by atoms with Crippen molar-refractivity contribution in [2.45, 2.75) is 70.8 Å². The van der Waals surface area contributed by atoms with Gasteiger partial charge >= 0.3 is 0 Å². The monoisotopic (exact) mass is 286 g/mol. The van der Waals surface area contributed by atoms with Crippen LogP contribution in [-0.4, -0.2) is 10.7 Å². The summed E-state index contributed by atoms with van der Waals surface area (Å²) in [7, 11) is 0. The van der Waals surface area contributed by atoms with E-state index in [2.05, 4.69) is 26.5 Å². The van der Waals surface area contributed by atoms with Crippen molar-refractivity contribution in [2.24, 2.45) is 29.1 Å². The summed E-state index contributed by atoms with van der Waals surface area (Å²) in [5.41, 5.74) is 2.80. The molecule has 0 radical (unpaired) electrons. The first-order valence-corrected chi connectivity index (χ1v) is 9.03. The van der Waals surface area contributed by atoms with Gasteiger partial charge in [0, 0.05) is 0 Å². The lowest BCUT2D eigenvalue weighted by atomic mass is 9.50. The van der Waals surface area contributed by atoms with Crippen LogP contribution in [0.5, 0.6) is 0 Å². The molecule has 1 nitrogen and oxygen atoms in total. The summed E-state index contributed by atoms with van der Waals surface area (Å²) < 4.78 is 0. The van der Waals surface area contributed by atoms with Crippen molar-refractivity contribution in [1.29, 1.82) is 0 Å². The van der Waals surface area contributed by atoms with Gasteiger partial charge in [-0.05, 0) is 87.4 Å². The molecule has 1 heteroatoms. The maximum Gasteiger partial charge on any atom is 0.0675 e. The summed E-state index contributed by atoms with van der Waals surface area (Å²) in [6, 6.07) is 0. The van der Waals surface area contributed by atoms with Crippen molar-refractivity contribution in [1.82, 2.24) is 0 Å². The van der Waals surface area contributed by atoms with Crippen molar-refractivity contribution < 1.29 is 5.11 Å². The SMILES string of the molecule is C=C1C=C2CC[C@@H]3[C@H](CC[C@@]4(C)[C@H]3CC[C@]4(C)O)[C@H]2CC1. The molecule has 0 saturated heterocycles. The first-order valence-electron chi connectivity index (χ1n) is 9.03. The Balaban J connectivity index is 1.64. The van der Waals surface area contributed by atoms with Crippen LogP contribution in [0.3, 0.4) is 0 Å². The molecular formula is C20H30O. The fraction of sp³-hybridized carbons (Fsp3) is 0.800. The van der Waals surface area contributed by atoms with Gasteiger partial charge in [-0.2, -0.15) is 0 Å². The maximum atomic E-state index is 10.9. The van der Waals surface area contributed by atoms with E-state index >= 15 is 0 Å². The third kappa shape index (κ3) is 1.86. The number of rotatable bonds is 0. The first-order chi connectivity index (χ1) is 9.92. The van der Waals surface area contributed by atoms with E-state index in [-0.39, 0.29) is 5.41 Å². The fourth-order valence-corrected chi connectivity index (χ4v) is 6.52. The molecule has 3 saturated carbocycles. The van der Waals surface area contributed by atoms with E-state index in [1.165, 1.54) is 50.5 Å². The number of fused-ring (bicyclic) bond motifs is 5. The summed E-state index contributed by atoms with van der Waals surface area (Å²) in [5, 5.41) is 10.9. The molecule has 4 rings (SSSR count). The molecule has 0 amide bonds. The van der Waals surface area contributed by atoms with Gasteiger partial charge < -0.3 is 5.11 Å². The van der Waals surface area contributed by atoms with Gasteiger partial charge in [0.2, 0.25) is 0 Å². The molecule has 0 unspecified atom stereocenters. The largest absolute Gasteiger partial charge is 0.390 e. The second-order valence-electron chi connectivity index (χ2n) is 8.76. The Morgan fingerprint density at radius 3 is 2.67 bits per heavy atom. The predicted octanol–water partition coefficient (Wildman–Crippen LogP) is 4.87. The lowest BCUT2D eigenvalue weighted by Gasteiger charge is -2.55. The summed E-state index contributed by atoms with van der Waals surface area (Å²) in [5.74, 6) is 3.36. The van der Waals surface area contributed by atoms with E-state index < -0.39 is 5.60 Å². The quantitative estimate of drug-likeness (QED) is 0.674. The van der Waals surface area contributed by atoms with Crippen molar-refractivity contribution in [3.63, 3.8) is 0 Å². The van der Waals surface area contributed by atoms with Crippen molar-refractivity contribution in [2.75, 3.05) is 0 Å². The normalized spacial score (nSPS) is 52.7. The van der Waals surface area contributed by atoms with Crippen molar-refractivity contribution in [3.05, 3.63) is 23.8 Å². The topological polar surface area (TPSA) is 20.2 Å². The Morgan fingerprint density at radius 2 is 1.86 bits per heavy atom. The molecule has 0 aromatic carbocycles. The zero-order valence-electron chi connectivity index (χ0n) is 13.7. The third-order valence-corrected chi connectivity index (χ3v) is 7.98. The van der Waals surface area contributed by atoms with Crippen LogP contribution in [0.25, 0.3) is 0 Å². The average molecular weight is 286 g/mol. The van der Waals surface area contributed by atoms with Crippen LogP contribution < -0.4 is 0 Å². The Hall–Kier alpha value is -0.560. The highest BCUT2D eigenvalue weighted by Crippen LogP contribution is 2.64. The van der Waals surface area contributed by atoms with Crippen molar-refractivity contribution in [3.8, 4) is 0 Å². The second kappa shape index (κ2) is 4.47.